The lowest BCUT2D eigenvalue weighted by atomic mass is 9.78. The molecule has 1 atom stereocenters. The molecule has 192 valence electrons. The molecule has 4 nitrogen and oxygen atoms in total. The number of benzene rings is 4. The van der Waals surface area contributed by atoms with Crippen molar-refractivity contribution < 1.29 is 9.53 Å². The van der Waals surface area contributed by atoms with E-state index in [2.05, 4.69) is 108 Å². The molecule has 0 unspecified atom stereocenters. The van der Waals surface area contributed by atoms with Crippen LogP contribution >= 0.6 is 0 Å². The van der Waals surface area contributed by atoms with Crippen LogP contribution in [0.1, 0.15) is 45.2 Å². The van der Waals surface area contributed by atoms with Crippen molar-refractivity contribution in [1.82, 2.24) is 9.47 Å². The van der Waals surface area contributed by atoms with Gasteiger partial charge in [-0.15, -0.1) is 0 Å². The van der Waals surface area contributed by atoms with Crippen molar-refractivity contribution in [3.05, 3.63) is 154 Å². The Kier molecular flexibility index (Phi) is 5.53. The summed E-state index contributed by atoms with van der Waals surface area (Å²) >= 11 is 0. The molecule has 0 N–H and O–H groups in total. The number of aromatic nitrogens is 1. The average molecular weight is 511 g/mol. The zero-order valence-electron chi connectivity index (χ0n) is 22.2. The van der Waals surface area contributed by atoms with Crippen LogP contribution < -0.4 is 0 Å². The van der Waals surface area contributed by atoms with Gasteiger partial charge in [0.15, 0.2) is 0 Å². The molecule has 1 aliphatic heterocycles. The third-order valence-corrected chi connectivity index (χ3v) is 8.55. The summed E-state index contributed by atoms with van der Waals surface area (Å²) < 4.78 is 8.30. The van der Waals surface area contributed by atoms with E-state index in [1.807, 2.05) is 30.3 Å². The third-order valence-electron chi connectivity index (χ3n) is 8.55. The van der Waals surface area contributed by atoms with Crippen LogP contribution in [0.15, 0.2) is 115 Å². The molecule has 4 aromatic carbocycles. The van der Waals surface area contributed by atoms with Crippen LogP contribution in [0.2, 0.25) is 0 Å². The Labute approximate surface area is 229 Å². The highest BCUT2D eigenvalue weighted by Gasteiger charge is 2.55. The molecule has 0 saturated heterocycles. The second-order valence-electron chi connectivity index (χ2n) is 10.5. The Bertz CT molecular complexity index is 1640. The van der Waals surface area contributed by atoms with Crippen LogP contribution in [-0.2, 0) is 35.3 Å². The number of aryl methyl sites for hydroxylation is 1. The van der Waals surface area contributed by atoms with Gasteiger partial charge in [0.05, 0.1) is 5.54 Å². The molecule has 7 rings (SSSR count). The van der Waals surface area contributed by atoms with Crippen LogP contribution in [-0.4, -0.2) is 15.4 Å². The second kappa shape index (κ2) is 9.11. The van der Waals surface area contributed by atoms with Crippen LogP contribution in [0.3, 0.4) is 0 Å². The summed E-state index contributed by atoms with van der Waals surface area (Å²) in [5.41, 5.74) is 9.62. The fourth-order valence-electron chi connectivity index (χ4n) is 6.72. The Balaban J connectivity index is 1.44. The number of carbonyl (C=O) groups excluding carboxylic acids is 1. The molecule has 0 bridgehead atoms. The van der Waals surface area contributed by atoms with Gasteiger partial charge in [-0.3, -0.25) is 4.90 Å². The first-order valence-electron chi connectivity index (χ1n) is 13.5. The fourth-order valence-corrected chi connectivity index (χ4v) is 6.72. The van der Waals surface area contributed by atoms with Crippen molar-refractivity contribution >= 4 is 5.97 Å². The Morgan fingerprint density at radius 3 is 2.03 bits per heavy atom. The fraction of sp³-hybridized carbons (Fsp3) is 0.171. The van der Waals surface area contributed by atoms with Gasteiger partial charge in [0.25, 0.3) is 0 Å². The van der Waals surface area contributed by atoms with Gasteiger partial charge in [-0.25, -0.2) is 4.79 Å². The summed E-state index contributed by atoms with van der Waals surface area (Å²) in [5.74, 6) is -0.222. The molecule has 1 aromatic heterocycles. The standard InChI is InChI=1S/C35H30N2O2/c1-24-21-29-32(36(24)2)22-37(33(29)34(38)39-23-25-13-5-3-6-14-25)35(26-15-7-4-8-16-26)30-19-11-9-17-27(30)28-18-10-12-20-31(28)35/h3-21,33H,22-23H2,1-2H3/t33-/m0/s1. The molecule has 2 heterocycles. The molecule has 5 aromatic rings. The maximum absolute atomic E-state index is 14.2. The minimum atomic E-state index is -0.655. The molecule has 0 saturated carbocycles. The highest BCUT2D eigenvalue weighted by molar-refractivity contribution is 5.85. The van der Waals surface area contributed by atoms with Gasteiger partial charge in [-0.1, -0.05) is 109 Å². The van der Waals surface area contributed by atoms with Crippen molar-refractivity contribution in [1.29, 1.82) is 0 Å². The Morgan fingerprint density at radius 1 is 0.821 bits per heavy atom. The summed E-state index contributed by atoms with van der Waals surface area (Å²) in [4.78, 5) is 16.6. The van der Waals surface area contributed by atoms with E-state index in [4.69, 9.17) is 4.74 Å². The van der Waals surface area contributed by atoms with E-state index in [-0.39, 0.29) is 12.6 Å². The maximum atomic E-state index is 14.2. The topological polar surface area (TPSA) is 34.5 Å². The normalized spacial score (nSPS) is 16.9. The molecule has 2 aliphatic rings. The van der Waals surface area contributed by atoms with Crippen molar-refractivity contribution in [3.63, 3.8) is 0 Å². The van der Waals surface area contributed by atoms with Gasteiger partial charge < -0.3 is 9.30 Å². The lowest BCUT2D eigenvalue weighted by Crippen LogP contribution is -2.48. The number of nitrogens with zero attached hydrogens (tertiary/aromatic N) is 2. The zero-order chi connectivity index (χ0) is 26.6. The van der Waals surface area contributed by atoms with E-state index in [0.29, 0.717) is 6.54 Å². The molecule has 1 aliphatic carbocycles. The Hall–Kier alpha value is -4.41. The average Bonchev–Trinajstić information content (AvgIpc) is 3.60. The smallest absolute Gasteiger partial charge is 0.328 e. The number of esters is 1. The predicted octanol–water partition coefficient (Wildman–Crippen LogP) is 6.91. The molecule has 0 fully saturated rings. The zero-order valence-corrected chi connectivity index (χ0v) is 22.2. The summed E-state index contributed by atoms with van der Waals surface area (Å²) in [6, 6.07) is 39.4. The lowest BCUT2D eigenvalue weighted by molar-refractivity contribution is -0.153. The number of hydrogen-bond donors (Lipinski definition) is 0. The summed E-state index contributed by atoms with van der Waals surface area (Å²) in [6.45, 7) is 2.97. The molecule has 0 spiro atoms. The molecular formula is C35H30N2O2. The lowest BCUT2D eigenvalue weighted by Gasteiger charge is -2.44. The number of ether oxygens (including phenoxy) is 1. The number of carbonyl (C=O) groups is 1. The maximum Gasteiger partial charge on any atom is 0.328 e. The number of hydrogen-bond acceptors (Lipinski definition) is 3. The van der Waals surface area contributed by atoms with Gasteiger partial charge in [0, 0.05) is 30.5 Å². The molecule has 0 amide bonds. The highest BCUT2D eigenvalue weighted by atomic mass is 16.5. The van der Waals surface area contributed by atoms with Crippen molar-refractivity contribution in [2.45, 2.75) is 31.7 Å². The predicted molar refractivity (Wildman–Crippen MR) is 153 cm³/mol. The van der Waals surface area contributed by atoms with E-state index in [1.54, 1.807) is 0 Å². The highest BCUT2D eigenvalue weighted by Crippen LogP contribution is 2.58. The van der Waals surface area contributed by atoms with Gasteiger partial charge in [-0.2, -0.15) is 0 Å². The first-order chi connectivity index (χ1) is 19.1. The first kappa shape index (κ1) is 23.7. The summed E-state index contributed by atoms with van der Waals surface area (Å²) in [5, 5.41) is 0. The molecular weight excluding hydrogens is 480 g/mol. The van der Waals surface area contributed by atoms with E-state index in [0.717, 1.165) is 28.1 Å². The van der Waals surface area contributed by atoms with E-state index in [1.165, 1.54) is 22.3 Å². The Morgan fingerprint density at radius 2 is 1.38 bits per heavy atom. The number of rotatable bonds is 5. The molecule has 39 heavy (non-hydrogen) atoms. The molecule has 0 radical (unpaired) electrons. The van der Waals surface area contributed by atoms with Gasteiger partial charge in [0.2, 0.25) is 0 Å². The summed E-state index contributed by atoms with van der Waals surface area (Å²) in [7, 11) is 2.09. The van der Waals surface area contributed by atoms with E-state index >= 15 is 0 Å². The first-order valence-corrected chi connectivity index (χ1v) is 13.5. The van der Waals surface area contributed by atoms with Crippen LogP contribution in [0.4, 0.5) is 0 Å². The van der Waals surface area contributed by atoms with Crippen molar-refractivity contribution in [2.75, 3.05) is 0 Å². The minimum absolute atomic E-state index is 0.222. The minimum Gasteiger partial charge on any atom is -0.459 e. The van der Waals surface area contributed by atoms with Gasteiger partial charge in [0.1, 0.15) is 12.6 Å². The second-order valence-corrected chi connectivity index (χ2v) is 10.5. The van der Waals surface area contributed by atoms with Gasteiger partial charge in [-0.05, 0) is 46.4 Å². The molecule has 4 heteroatoms. The van der Waals surface area contributed by atoms with E-state index < -0.39 is 11.6 Å². The van der Waals surface area contributed by atoms with Crippen molar-refractivity contribution in [2.24, 2.45) is 7.05 Å². The van der Waals surface area contributed by atoms with Crippen LogP contribution in [0.5, 0.6) is 0 Å². The van der Waals surface area contributed by atoms with E-state index in [9.17, 15) is 4.79 Å². The van der Waals surface area contributed by atoms with Crippen LogP contribution in [0.25, 0.3) is 11.1 Å². The van der Waals surface area contributed by atoms with Crippen molar-refractivity contribution in [3.8, 4) is 11.1 Å². The largest absolute Gasteiger partial charge is 0.459 e. The summed E-state index contributed by atoms with van der Waals surface area (Å²) in [6.07, 6.45) is 0. The van der Waals surface area contributed by atoms with Gasteiger partial charge >= 0.3 is 5.97 Å². The monoisotopic (exact) mass is 510 g/mol. The van der Waals surface area contributed by atoms with Crippen LogP contribution in [0, 0.1) is 6.92 Å². The number of fused-ring (bicyclic) bond motifs is 4. The SMILES string of the molecule is Cc1cc2c(n1C)CN(C1(c3ccccc3)c3ccccc3-c3ccccc31)[C@@H]2C(=O)OCc1ccccc1. The third kappa shape index (κ3) is 3.45. The quantitative estimate of drug-likeness (QED) is 0.241.